The molecule has 1 N–H and O–H groups in total. The van der Waals surface area contributed by atoms with Crippen molar-refractivity contribution in [1.82, 2.24) is 4.90 Å². The third-order valence-electron chi connectivity index (χ3n) is 6.22. The number of carbonyl (C=O) groups excluding carboxylic acids is 1. The van der Waals surface area contributed by atoms with E-state index in [1.807, 2.05) is 31.2 Å². The Hall–Kier alpha value is -2.01. The van der Waals surface area contributed by atoms with E-state index < -0.39 is 6.29 Å². The first kappa shape index (κ1) is 28.6. The van der Waals surface area contributed by atoms with Crippen LogP contribution in [0.25, 0.3) is 0 Å². The Kier molecular flexibility index (Phi) is 13.2. The molecule has 9 heteroatoms. The maximum Gasteiger partial charge on any atom is 0.288 e. The minimum absolute atomic E-state index is 0.0226. The fourth-order valence-electron chi connectivity index (χ4n) is 4.39. The SMILES string of the molecule is CCOC1OC(C(=O)N2CCOCCOCCOCCOCC2)=CC(c2ccccc2)C1CCCO. The highest BCUT2D eigenvalue weighted by Gasteiger charge is 2.38. The summed E-state index contributed by atoms with van der Waals surface area (Å²) < 4.78 is 34.5. The summed E-state index contributed by atoms with van der Waals surface area (Å²) in [6.07, 6.45) is 2.68. The third kappa shape index (κ3) is 9.14. The summed E-state index contributed by atoms with van der Waals surface area (Å²) in [5, 5.41) is 9.46. The molecule has 2 heterocycles. The summed E-state index contributed by atoms with van der Waals surface area (Å²) in [6.45, 7) is 6.93. The molecule has 0 aromatic heterocycles. The van der Waals surface area contributed by atoms with Gasteiger partial charge >= 0.3 is 0 Å². The maximum absolute atomic E-state index is 13.7. The number of aliphatic hydroxyl groups is 1. The van der Waals surface area contributed by atoms with Gasteiger partial charge in [-0.1, -0.05) is 30.3 Å². The molecule has 1 fully saturated rings. The van der Waals surface area contributed by atoms with Crippen LogP contribution in [0.15, 0.2) is 42.2 Å². The van der Waals surface area contributed by atoms with Crippen molar-refractivity contribution in [2.24, 2.45) is 5.92 Å². The van der Waals surface area contributed by atoms with E-state index in [9.17, 15) is 9.90 Å². The predicted molar refractivity (Wildman–Crippen MR) is 133 cm³/mol. The number of hydrogen-bond acceptors (Lipinski definition) is 8. The van der Waals surface area contributed by atoms with Gasteiger partial charge in [0.2, 0.25) is 6.29 Å². The fraction of sp³-hybridized carbons (Fsp3) is 0.667. The van der Waals surface area contributed by atoms with E-state index in [2.05, 4.69) is 12.1 Å². The summed E-state index contributed by atoms with van der Waals surface area (Å²) in [5.41, 5.74) is 1.09. The summed E-state index contributed by atoms with van der Waals surface area (Å²) >= 11 is 0. The largest absolute Gasteiger partial charge is 0.459 e. The number of allylic oxidation sites excluding steroid dienone is 1. The molecule has 2 aliphatic heterocycles. The monoisotopic (exact) mass is 507 g/mol. The zero-order valence-electron chi connectivity index (χ0n) is 21.3. The van der Waals surface area contributed by atoms with Crippen LogP contribution in [0, 0.1) is 5.92 Å². The van der Waals surface area contributed by atoms with Crippen molar-refractivity contribution >= 4 is 5.91 Å². The van der Waals surface area contributed by atoms with Crippen LogP contribution in [0.1, 0.15) is 31.2 Å². The maximum atomic E-state index is 13.7. The number of carbonyl (C=O) groups is 1. The van der Waals surface area contributed by atoms with E-state index in [4.69, 9.17) is 28.4 Å². The highest BCUT2D eigenvalue weighted by molar-refractivity contribution is 5.91. The van der Waals surface area contributed by atoms with Gasteiger partial charge in [0, 0.05) is 38.1 Å². The molecule has 0 aliphatic carbocycles. The van der Waals surface area contributed by atoms with Gasteiger partial charge in [0.05, 0.1) is 52.9 Å². The van der Waals surface area contributed by atoms with E-state index in [0.29, 0.717) is 85.4 Å². The lowest BCUT2D eigenvalue weighted by Gasteiger charge is -2.38. The summed E-state index contributed by atoms with van der Waals surface area (Å²) in [6, 6.07) is 10.1. The molecule has 36 heavy (non-hydrogen) atoms. The second-order valence-electron chi connectivity index (χ2n) is 8.68. The van der Waals surface area contributed by atoms with Crippen molar-refractivity contribution < 1.29 is 38.3 Å². The van der Waals surface area contributed by atoms with Crippen molar-refractivity contribution in [2.45, 2.75) is 32.0 Å². The first-order valence-corrected chi connectivity index (χ1v) is 13.0. The number of hydrogen-bond donors (Lipinski definition) is 1. The van der Waals surface area contributed by atoms with Crippen molar-refractivity contribution in [3.05, 3.63) is 47.7 Å². The van der Waals surface area contributed by atoms with Gasteiger partial charge in [0.15, 0.2) is 5.76 Å². The topological polar surface area (TPSA) is 95.9 Å². The Labute approximate surface area is 214 Å². The number of amides is 1. The van der Waals surface area contributed by atoms with Crippen LogP contribution in [0.3, 0.4) is 0 Å². The van der Waals surface area contributed by atoms with Crippen molar-refractivity contribution in [3.8, 4) is 0 Å². The standard InChI is InChI=1S/C27H41NO8/c1-2-35-27-23(9-6-12-29)24(22-7-4-3-5-8-22)21-25(36-27)26(30)28-10-13-31-15-17-33-19-20-34-18-16-32-14-11-28/h3-5,7-8,21,23-24,27,29H,2,6,9-20H2,1H3. The molecular formula is C27H41NO8. The molecule has 0 bridgehead atoms. The minimum atomic E-state index is -0.582. The third-order valence-corrected chi connectivity index (χ3v) is 6.22. The molecule has 0 saturated carbocycles. The summed E-state index contributed by atoms with van der Waals surface area (Å²) in [5.74, 6) is -0.0460. The highest BCUT2D eigenvalue weighted by Crippen LogP contribution is 2.39. The number of nitrogens with zero attached hydrogens (tertiary/aromatic N) is 1. The van der Waals surface area contributed by atoms with Crippen LogP contribution in [-0.4, -0.2) is 101 Å². The van der Waals surface area contributed by atoms with E-state index in [1.165, 1.54) is 0 Å². The molecule has 1 aromatic rings. The van der Waals surface area contributed by atoms with Crippen molar-refractivity contribution in [3.63, 3.8) is 0 Å². The minimum Gasteiger partial charge on any atom is -0.459 e. The van der Waals surface area contributed by atoms with Gasteiger partial charge in [0.1, 0.15) is 0 Å². The van der Waals surface area contributed by atoms with Crippen LogP contribution in [0.5, 0.6) is 0 Å². The molecule has 9 nitrogen and oxygen atoms in total. The van der Waals surface area contributed by atoms with Gasteiger partial charge in [-0.15, -0.1) is 0 Å². The predicted octanol–water partition coefficient (Wildman–Crippen LogP) is 2.34. The number of benzene rings is 1. The lowest BCUT2D eigenvalue weighted by Crippen LogP contribution is -2.42. The van der Waals surface area contributed by atoms with Crippen LogP contribution in [0.2, 0.25) is 0 Å². The molecule has 1 amide bonds. The molecule has 0 radical (unpaired) electrons. The van der Waals surface area contributed by atoms with Gasteiger partial charge in [-0.2, -0.15) is 0 Å². The Morgan fingerprint density at radius 3 is 2.08 bits per heavy atom. The molecule has 3 rings (SSSR count). The van der Waals surface area contributed by atoms with Gasteiger partial charge in [-0.3, -0.25) is 4.79 Å². The van der Waals surface area contributed by atoms with Gasteiger partial charge in [-0.05, 0) is 31.4 Å². The van der Waals surface area contributed by atoms with Gasteiger partial charge < -0.3 is 38.4 Å². The van der Waals surface area contributed by atoms with Crippen LogP contribution in [0.4, 0.5) is 0 Å². The molecular weight excluding hydrogens is 466 g/mol. The van der Waals surface area contributed by atoms with Crippen LogP contribution < -0.4 is 0 Å². The normalized spacial score (nSPS) is 25.2. The summed E-state index contributed by atoms with van der Waals surface area (Å²) in [4.78, 5) is 15.4. The first-order valence-electron chi connectivity index (χ1n) is 13.0. The number of ether oxygens (including phenoxy) is 6. The van der Waals surface area contributed by atoms with Crippen LogP contribution >= 0.6 is 0 Å². The smallest absolute Gasteiger partial charge is 0.288 e. The van der Waals surface area contributed by atoms with E-state index in [-0.39, 0.29) is 30.1 Å². The lowest BCUT2D eigenvalue weighted by atomic mass is 9.80. The van der Waals surface area contributed by atoms with E-state index >= 15 is 0 Å². The quantitative estimate of drug-likeness (QED) is 0.601. The lowest BCUT2D eigenvalue weighted by molar-refractivity contribution is -0.170. The summed E-state index contributed by atoms with van der Waals surface area (Å²) in [7, 11) is 0. The number of rotatable bonds is 7. The Bertz CT molecular complexity index is 758. The Balaban J connectivity index is 1.78. The second kappa shape index (κ2) is 16.7. The van der Waals surface area contributed by atoms with Crippen LogP contribution in [-0.2, 0) is 33.2 Å². The Morgan fingerprint density at radius 2 is 1.53 bits per heavy atom. The highest BCUT2D eigenvalue weighted by atomic mass is 16.7. The molecule has 2 aliphatic rings. The molecule has 3 unspecified atom stereocenters. The molecule has 202 valence electrons. The average Bonchev–Trinajstić information content (AvgIpc) is 2.92. The molecule has 1 saturated heterocycles. The molecule has 0 spiro atoms. The van der Waals surface area contributed by atoms with Gasteiger partial charge in [0.25, 0.3) is 5.91 Å². The zero-order valence-corrected chi connectivity index (χ0v) is 21.3. The fourth-order valence-corrected chi connectivity index (χ4v) is 4.39. The molecule has 3 atom stereocenters. The average molecular weight is 508 g/mol. The zero-order chi connectivity index (χ0) is 25.4. The first-order chi connectivity index (χ1) is 17.7. The number of aliphatic hydroxyl groups excluding tert-OH is 1. The van der Waals surface area contributed by atoms with Gasteiger partial charge in [-0.25, -0.2) is 0 Å². The molecule has 1 aromatic carbocycles. The van der Waals surface area contributed by atoms with Crippen molar-refractivity contribution in [1.29, 1.82) is 0 Å². The second-order valence-corrected chi connectivity index (χ2v) is 8.68. The van der Waals surface area contributed by atoms with Crippen molar-refractivity contribution in [2.75, 3.05) is 79.2 Å². The van der Waals surface area contributed by atoms with E-state index in [1.54, 1.807) is 4.90 Å². The van der Waals surface area contributed by atoms with E-state index in [0.717, 1.165) is 5.56 Å². The Morgan fingerprint density at radius 1 is 0.944 bits per heavy atom.